The minimum absolute atomic E-state index is 0.157. The Balaban J connectivity index is 2.44. The van der Waals surface area contributed by atoms with E-state index in [4.69, 9.17) is 6.42 Å². The second kappa shape index (κ2) is 4.30. The van der Waals surface area contributed by atoms with Gasteiger partial charge in [0.05, 0.1) is 6.04 Å². The summed E-state index contributed by atoms with van der Waals surface area (Å²) >= 11 is 1.73. The molecule has 0 saturated heterocycles. The fourth-order valence-electron chi connectivity index (χ4n) is 0.890. The Morgan fingerprint density at radius 1 is 1.67 bits per heavy atom. The van der Waals surface area contributed by atoms with Crippen LogP contribution >= 0.6 is 11.3 Å². The molecule has 1 nitrogen and oxygen atoms in total. The van der Waals surface area contributed by atoms with E-state index in [1.54, 1.807) is 11.3 Å². The summed E-state index contributed by atoms with van der Waals surface area (Å²) in [5.41, 5.74) is 2.69. The fraction of sp³-hybridized carbons (Fsp3) is 0.400. The van der Waals surface area contributed by atoms with Gasteiger partial charge in [0, 0.05) is 6.54 Å². The maximum absolute atomic E-state index is 5.24. The van der Waals surface area contributed by atoms with Crippen molar-refractivity contribution in [3.05, 3.63) is 21.9 Å². The number of hydrogen-bond acceptors (Lipinski definition) is 2. The molecule has 0 radical (unpaired) electrons. The standard InChI is InChI=1S/C10H13NS/c1-4-9(3)11-5-10-7-12-6-8(10)2/h1,6-7,9,11H,5H2,2-3H3. The molecule has 1 heterocycles. The summed E-state index contributed by atoms with van der Waals surface area (Å²) < 4.78 is 0. The maximum atomic E-state index is 5.24. The van der Waals surface area contributed by atoms with Crippen LogP contribution in [0.4, 0.5) is 0 Å². The molecule has 1 N–H and O–H groups in total. The van der Waals surface area contributed by atoms with Crippen LogP contribution in [0, 0.1) is 19.3 Å². The van der Waals surface area contributed by atoms with Crippen LogP contribution in [-0.4, -0.2) is 6.04 Å². The first-order valence-corrected chi connectivity index (χ1v) is 4.89. The number of hydrogen-bond donors (Lipinski definition) is 1. The van der Waals surface area contributed by atoms with E-state index in [1.165, 1.54) is 11.1 Å². The Bertz CT molecular complexity index is 282. The van der Waals surface area contributed by atoms with Crippen molar-refractivity contribution in [3.8, 4) is 12.3 Å². The highest BCUT2D eigenvalue weighted by Gasteiger charge is 2.00. The summed E-state index contributed by atoms with van der Waals surface area (Å²) in [5, 5.41) is 7.55. The summed E-state index contributed by atoms with van der Waals surface area (Å²) in [6.45, 7) is 4.98. The first kappa shape index (κ1) is 9.31. The summed E-state index contributed by atoms with van der Waals surface area (Å²) in [7, 11) is 0. The SMILES string of the molecule is C#CC(C)NCc1cscc1C. The van der Waals surface area contributed by atoms with E-state index in [0.717, 1.165) is 6.54 Å². The highest BCUT2D eigenvalue weighted by Crippen LogP contribution is 2.12. The molecule has 1 atom stereocenters. The molecule has 2 heteroatoms. The minimum atomic E-state index is 0.157. The smallest absolute Gasteiger partial charge is 0.0660 e. The maximum Gasteiger partial charge on any atom is 0.0660 e. The molecule has 0 spiro atoms. The van der Waals surface area contributed by atoms with Crippen molar-refractivity contribution in [2.75, 3.05) is 0 Å². The van der Waals surface area contributed by atoms with Crippen molar-refractivity contribution in [2.45, 2.75) is 26.4 Å². The van der Waals surface area contributed by atoms with Crippen molar-refractivity contribution in [1.82, 2.24) is 5.32 Å². The zero-order chi connectivity index (χ0) is 8.97. The molecule has 1 unspecified atom stereocenters. The third-order valence-electron chi connectivity index (χ3n) is 1.81. The van der Waals surface area contributed by atoms with Crippen LogP contribution in [0.15, 0.2) is 10.8 Å². The second-order valence-corrected chi connectivity index (χ2v) is 3.59. The molecule has 1 rings (SSSR count). The molecule has 0 aliphatic carbocycles. The van der Waals surface area contributed by atoms with Crippen LogP contribution in [0.3, 0.4) is 0 Å². The van der Waals surface area contributed by atoms with Gasteiger partial charge in [0.25, 0.3) is 0 Å². The largest absolute Gasteiger partial charge is 0.300 e. The summed E-state index contributed by atoms with van der Waals surface area (Å²) in [5.74, 6) is 2.64. The third-order valence-corrected chi connectivity index (χ3v) is 2.72. The zero-order valence-electron chi connectivity index (χ0n) is 7.42. The lowest BCUT2D eigenvalue weighted by molar-refractivity contribution is 0.647. The average molecular weight is 179 g/mol. The summed E-state index contributed by atoms with van der Waals surface area (Å²) in [6.07, 6.45) is 5.24. The van der Waals surface area contributed by atoms with E-state index in [-0.39, 0.29) is 6.04 Å². The Labute approximate surface area is 77.8 Å². The molecular weight excluding hydrogens is 166 g/mol. The highest BCUT2D eigenvalue weighted by molar-refractivity contribution is 7.08. The van der Waals surface area contributed by atoms with Gasteiger partial charge in [0.15, 0.2) is 0 Å². The number of rotatable bonds is 3. The van der Waals surface area contributed by atoms with E-state index >= 15 is 0 Å². The van der Waals surface area contributed by atoms with Gasteiger partial charge in [-0.15, -0.1) is 6.42 Å². The Kier molecular flexibility index (Phi) is 3.33. The predicted molar refractivity (Wildman–Crippen MR) is 54.2 cm³/mol. The summed E-state index contributed by atoms with van der Waals surface area (Å²) in [4.78, 5) is 0. The molecule has 0 aliphatic heterocycles. The van der Waals surface area contributed by atoms with E-state index in [9.17, 15) is 0 Å². The quantitative estimate of drug-likeness (QED) is 0.701. The Morgan fingerprint density at radius 3 is 2.92 bits per heavy atom. The number of nitrogens with one attached hydrogen (secondary N) is 1. The molecule has 0 bridgehead atoms. The molecule has 0 amide bonds. The van der Waals surface area contributed by atoms with E-state index in [2.05, 4.69) is 28.9 Å². The molecule has 0 fully saturated rings. The second-order valence-electron chi connectivity index (χ2n) is 2.85. The van der Waals surface area contributed by atoms with E-state index in [0.29, 0.717) is 0 Å². The van der Waals surface area contributed by atoms with Gasteiger partial charge in [0.2, 0.25) is 0 Å². The fourth-order valence-corrected chi connectivity index (χ4v) is 1.75. The van der Waals surface area contributed by atoms with Gasteiger partial charge >= 0.3 is 0 Å². The van der Waals surface area contributed by atoms with Crippen LogP contribution in [0.1, 0.15) is 18.1 Å². The van der Waals surface area contributed by atoms with E-state index < -0.39 is 0 Å². The van der Waals surface area contributed by atoms with Crippen molar-refractivity contribution < 1.29 is 0 Å². The van der Waals surface area contributed by atoms with Crippen LogP contribution in [0.2, 0.25) is 0 Å². The first-order chi connectivity index (χ1) is 5.74. The molecule has 0 aliphatic rings. The lowest BCUT2D eigenvalue weighted by atomic mass is 10.2. The van der Waals surface area contributed by atoms with Gasteiger partial charge < -0.3 is 0 Å². The Morgan fingerprint density at radius 2 is 2.42 bits per heavy atom. The van der Waals surface area contributed by atoms with Gasteiger partial charge in [-0.05, 0) is 35.7 Å². The van der Waals surface area contributed by atoms with E-state index in [1.807, 2.05) is 6.92 Å². The van der Waals surface area contributed by atoms with Gasteiger partial charge in [-0.1, -0.05) is 5.92 Å². The third kappa shape index (κ3) is 2.37. The zero-order valence-corrected chi connectivity index (χ0v) is 8.24. The van der Waals surface area contributed by atoms with Gasteiger partial charge in [-0.3, -0.25) is 5.32 Å². The molecule has 0 aromatic carbocycles. The van der Waals surface area contributed by atoms with Gasteiger partial charge in [0.1, 0.15) is 0 Å². The minimum Gasteiger partial charge on any atom is -0.300 e. The van der Waals surface area contributed by atoms with Gasteiger partial charge in [-0.25, -0.2) is 0 Å². The van der Waals surface area contributed by atoms with Gasteiger partial charge in [-0.2, -0.15) is 11.3 Å². The van der Waals surface area contributed by atoms with Crippen molar-refractivity contribution in [2.24, 2.45) is 0 Å². The van der Waals surface area contributed by atoms with Crippen LogP contribution in [-0.2, 0) is 6.54 Å². The highest BCUT2D eigenvalue weighted by atomic mass is 32.1. The molecular formula is C10H13NS. The number of thiophene rings is 1. The monoisotopic (exact) mass is 179 g/mol. The normalized spacial score (nSPS) is 12.4. The molecule has 12 heavy (non-hydrogen) atoms. The number of aryl methyl sites for hydroxylation is 1. The average Bonchev–Trinajstić information content (AvgIpc) is 2.47. The van der Waals surface area contributed by atoms with Crippen LogP contribution in [0.25, 0.3) is 0 Å². The van der Waals surface area contributed by atoms with Crippen molar-refractivity contribution in [1.29, 1.82) is 0 Å². The molecule has 1 aromatic heterocycles. The topological polar surface area (TPSA) is 12.0 Å². The lowest BCUT2D eigenvalue weighted by Gasteiger charge is -2.06. The van der Waals surface area contributed by atoms with Crippen LogP contribution < -0.4 is 5.32 Å². The predicted octanol–water partition coefficient (Wildman–Crippen LogP) is 2.17. The summed E-state index contributed by atoms with van der Waals surface area (Å²) in [6, 6.07) is 0.157. The molecule has 0 saturated carbocycles. The number of terminal acetylenes is 1. The lowest BCUT2D eigenvalue weighted by Crippen LogP contribution is -2.23. The van der Waals surface area contributed by atoms with Crippen molar-refractivity contribution in [3.63, 3.8) is 0 Å². The molecule has 1 aromatic rings. The first-order valence-electron chi connectivity index (χ1n) is 3.95. The molecule has 64 valence electrons. The van der Waals surface area contributed by atoms with Crippen molar-refractivity contribution >= 4 is 11.3 Å². The van der Waals surface area contributed by atoms with Crippen LogP contribution in [0.5, 0.6) is 0 Å². The Hall–Kier alpha value is -0.780.